The van der Waals surface area contributed by atoms with E-state index in [-0.39, 0.29) is 12.6 Å². The Hall–Kier alpha value is -1.06. The minimum absolute atomic E-state index is 0.235. The highest BCUT2D eigenvalue weighted by Gasteiger charge is 2.22. The standard InChI is InChI=1S/C13H19NO2/c1-16-13-5-3-2-4-12(13)10-6-7-11(9-15)14-8-10/h2-5,10-11,14-15H,6-9H2,1H3. The van der Waals surface area contributed by atoms with Gasteiger partial charge in [0, 0.05) is 18.5 Å². The van der Waals surface area contributed by atoms with E-state index in [0.29, 0.717) is 5.92 Å². The zero-order valence-corrected chi connectivity index (χ0v) is 9.65. The predicted octanol–water partition coefficient (Wildman–Crippen LogP) is 1.52. The van der Waals surface area contributed by atoms with Crippen molar-refractivity contribution in [1.82, 2.24) is 5.32 Å². The Morgan fingerprint density at radius 1 is 1.38 bits per heavy atom. The fraction of sp³-hybridized carbons (Fsp3) is 0.538. The molecule has 0 amide bonds. The Bertz CT molecular complexity index is 332. The van der Waals surface area contributed by atoms with Gasteiger partial charge in [0.15, 0.2) is 0 Å². The summed E-state index contributed by atoms with van der Waals surface area (Å²) in [5, 5.41) is 12.4. The Labute approximate surface area is 96.4 Å². The van der Waals surface area contributed by atoms with E-state index in [1.54, 1.807) is 7.11 Å². The number of aliphatic hydroxyl groups excluding tert-OH is 1. The van der Waals surface area contributed by atoms with Crippen LogP contribution in [0.5, 0.6) is 5.75 Å². The third kappa shape index (κ3) is 2.36. The van der Waals surface area contributed by atoms with Crippen molar-refractivity contribution in [3.8, 4) is 5.75 Å². The van der Waals surface area contributed by atoms with Crippen LogP contribution in [-0.4, -0.2) is 31.4 Å². The van der Waals surface area contributed by atoms with Crippen LogP contribution in [-0.2, 0) is 0 Å². The van der Waals surface area contributed by atoms with Gasteiger partial charge in [-0.15, -0.1) is 0 Å². The van der Waals surface area contributed by atoms with E-state index in [4.69, 9.17) is 9.84 Å². The van der Waals surface area contributed by atoms with Crippen molar-refractivity contribution in [2.45, 2.75) is 24.8 Å². The number of aliphatic hydroxyl groups is 1. The van der Waals surface area contributed by atoms with Crippen LogP contribution >= 0.6 is 0 Å². The molecule has 2 N–H and O–H groups in total. The molecule has 1 aliphatic rings. The van der Waals surface area contributed by atoms with Crippen LogP contribution in [0.1, 0.15) is 24.3 Å². The van der Waals surface area contributed by atoms with E-state index in [1.165, 1.54) is 5.56 Å². The van der Waals surface area contributed by atoms with Crippen molar-refractivity contribution in [3.63, 3.8) is 0 Å². The number of methoxy groups -OCH3 is 1. The van der Waals surface area contributed by atoms with Crippen LogP contribution < -0.4 is 10.1 Å². The highest BCUT2D eigenvalue weighted by atomic mass is 16.5. The molecule has 1 aromatic rings. The van der Waals surface area contributed by atoms with Crippen molar-refractivity contribution in [2.24, 2.45) is 0 Å². The lowest BCUT2D eigenvalue weighted by molar-refractivity contribution is 0.212. The summed E-state index contributed by atoms with van der Waals surface area (Å²) in [6.45, 7) is 1.16. The molecule has 16 heavy (non-hydrogen) atoms. The van der Waals surface area contributed by atoms with Gasteiger partial charge in [-0.1, -0.05) is 18.2 Å². The van der Waals surface area contributed by atoms with E-state index in [9.17, 15) is 0 Å². The number of ether oxygens (including phenoxy) is 1. The molecule has 0 saturated carbocycles. The first-order chi connectivity index (χ1) is 7.85. The molecule has 2 unspecified atom stereocenters. The number of hydrogen-bond donors (Lipinski definition) is 2. The Morgan fingerprint density at radius 2 is 2.19 bits per heavy atom. The second kappa shape index (κ2) is 5.32. The minimum atomic E-state index is 0.235. The normalized spacial score (nSPS) is 25.4. The van der Waals surface area contributed by atoms with Crippen LogP contribution in [0.2, 0.25) is 0 Å². The monoisotopic (exact) mass is 221 g/mol. The first kappa shape index (κ1) is 11.4. The zero-order valence-electron chi connectivity index (χ0n) is 9.65. The number of rotatable bonds is 3. The summed E-state index contributed by atoms with van der Waals surface area (Å²) in [6, 6.07) is 8.45. The molecule has 1 aliphatic heterocycles. The number of piperidine rings is 1. The Morgan fingerprint density at radius 3 is 2.81 bits per heavy atom. The summed E-state index contributed by atoms with van der Waals surface area (Å²) in [5.41, 5.74) is 1.27. The van der Waals surface area contributed by atoms with Gasteiger partial charge < -0.3 is 15.2 Å². The average molecular weight is 221 g/mol. The maximum atomic E-state index is 9.06. The van der Waals surface area contributed by atoms with E-state index in [0.717, 1.165) is 25.1 Å². The number of nitrogens with one attached hydrogen (secondary N) is 1. The van der Waals surface area contributed by atoms with Gasteiger partial charge in [0.2, 0.25) is 0 Å². The highest BCUT2D eigenvalue weighted by molar-refractivity contribution is 5.36. The van der Waals surface area contributed by atoms with Gasteiger partial charge in [-0.25, -0.2) is 0 Å². The van der Waals surface area contributed by atoms with E-state index in [2.05, 4.69) is 17.4 Å². The zero-order chi connectivity index (χ0) is 11.4. The van der Waals surface area contributed by atoms with Gasteiger partial charge in [0.1, 0.15) is 5.75 Å². The molecule has 1 saturated heterocycles. The highest BCUT2D eigenvalue weighted by Crippen LogP contribution is 2.31. The second-order valence-corrected chi connectivity index (χ2v) is 4.30. The molecule has 0 aliphatic carbocycles. The third-order valence-corrected chi connectivity index (χ3v) is 3.32. The fourth-order valence-corrected chi connectivity index (χ4v) is 2.34. The van der Waals surface area contributed by atoms with E-state index < -0.39 is 0 Å². The van der Waals surface area contributed by atoms with Crippen LogP contribution in [0, 0.1) is 0 Å². The lowest BCUT2D eigenvalue weighted by Crippen LogP contribution is -2.40. The average Bonchev–Trinajstić information content (AvgIpc) is 2.39. The summed E-state index contributed by atoms with van der Waals surface area (Å²) < 4.78 is 5.37. The van der Waals surface area contributed by atoms with Gasteiger partial charge in [-0.05, 0) is 24.5 Å². The lowest BCUT2D eigenvalue weighted by atomic mass is 9.88. The van der Waals surface area contributed by atoms with Gasteiger partial charge >= 0.3 is 0 Å². The van der Waals surface area contributed by atoms with Crippen LogP contribution in [0.15, 0.2) is 24.3 Å². The van der Waals surface area contributed by atoms with Crippen molar-refractivity contribution in [3.05, 3.63) is 29.8 Å². The van der Waals surface area contributed by atoms with Crippen LogP contribution in [0.25, 0.3) is 0 Å². The summed E-state index contributed by atoms with van der Waals surface area (Å²) in [5.74, 6) is 1.47. The summed E-state index contributed by atoms with van der Waals surface area (Å²) in [7, 11) is 1.71. The Balaban J connectivity index is 2.07. The molecule has 1 heterocycles. The molecule has 0 radical (unpaired) electrons. The molecule has 0 aromatic heterocycles. The lowest BCUT2D eigenvalue weighted by Gasteiger charge is -2.29. The first-order valence-corrected chi connectivity index (χ1v) is 5.82. The van der Waals surface area contributed by atoms with Crippen molar-refractivity contribution in [1.29, 1.82) is 0 Å². The molecular weight excluding hydrogens is 202 g/mol. The molecule has 2 rings (SSSR count). The van der Waals surface area contributed by atoms with E-state index in [1.807, 2.05) is 12.1 Å². The summed E-state index contributed by atoms with van der Waals surface area (Å²) in [6.07, 6.45) is 2.14. The van der Waals surface area contributed by atoms with Crippen LogP contribution in [0.4, 0.5) is 0 Å². The van der Waals surface area contributed by atoms with Gasteiger partial charge in [0.05, 0.1) is 13.7 Å². The maximum absolute atomic E-state index is 9.06. The first-order valence-electron chi connectivity index (χ1n) is 5.82. The summed E-state index contributed by atoms with van der Waals surface area (Å²) >= 11 is 0. The molecule has 1 aromatic carbocycles. The topological polar surface area (TPSA) is 41.5 Å². The van der Waals surface area contributed by atoms with Crippen molar-refractivity contribution >= 4 is 0 Å². The van der Waals surface area contributed by atoms with Gasteiger partial charge in [-0.2, -0.15) is 0 Å². The molecule has 1 fully saturated rings. The predicted molar refractivity (Wildman–Crippen MR) is 63.8 cm³/mol. The SMILES string of the molecule is COc1ccccc1C1CCC(CO)NC1. The molecule has 0 spiro atoms. The number of hydrogen-bond acceptors (Lipinski definition) is 3. The van der Waals surface area contributed by atoms with E-state index >= 15 is 0 Å². The van der Waals surface area contributed by atoms with Gasteiger partial charge in [-0.3, -0.25) is 0 Å². The second-order valence-electron chi connectivity index (χ2n) is 4.30. The van der Waals surface area contributed by atoms with Crippen molar-refractivity contribution < 1.29 is 9.84 Å². The molecule has 3 heteroatoms. The smallest absolute Gasteiger partial charge is 0.122 e. The number of para-hydroxylation sites is 1. The molecular formula is C13H19NO2. The Kier molecular flexibility index (Phi) is 3.80. The fourth-order valence-electron chi connectivity index (χ4n) is 2.34. The van der Waals surface area contributed by atoms with Crippen LogP contribution in [0.3, 0.4) is 0 Å². The van der Waals surface area contributed by atoms with Gasteiger partial charge in [0.25, 0.3) is 0 Å². The minimum Gasteiger partial charge on any atom is -0.496 e. The molecule has 0 bridgehead atoms. The largest absolute Gasteiger partial charge is 0.496 e. The summed E-state index contributed by atoms with van der Waals surface area (Å²) in [4.78, 5) is 0. The van der Waals surface area contributed by atoms with Crippen molar-refractivity contribution in [2.75, 3.05) is 20.3 Å². The maximum Gasteiger partial charge on any atom is 0.122 e. The third-order valence-electron chi connectivity index (χ3n) is 3.32. The molecule has 88 valence electrons. The molecule has 3 nitrogen and oxygen atoms in total. The quantitative estimate of drug-likeness (QED) is 0.813. The molecule has 2 atom stereocenters. The number of benzene rings is 1.